The molecule has 0 aromatic heterocycles. The van der Waals surface area contributed by atoms with Crippen molar-refractivity contribution in [3.05, 3.63) is 91.0 Å². The summed E-state index contributed by atoms with van der Waals surface area (Å²) >= 11 is 0. The molecule has 0 unspecified atom stereocenters. The van der Waals surface area contributed by atoms with Gasteiger partial charge in [-0.25, -0.2) is 0 Å². The van der Waals surface area contributed by atoms with Gasteiger partial charge in [-0.1, -0.05) is 24.3 Å². The molecular weight excluding hydrogens is 336 g/mol. The number of carbonyl (C=O) groups is 1. The van der Waals surface area contributed by atoms with Crippen molar-refractivity contribution in [2.24, 2.45) is 0 Å². The van der Waals surface area contributed by atoms with Crippen LogP contribution in [0.5, 0.6) is 0 Å². The SMILES string of the molecule is O=C1/C(=C/c2ccccc2[N+](=O)[O-])CC/C1=C\c1ccccc1[N+](=O)[O-]. The number of hydrogen-bond donors (Lipinski definition) is 0. The first-order chi connectivity index (χ1) is 12.5. The molecule has 1 aliphatic carbocycles. The standard InChI is InChI=1S/C19H14N2O5/c22-19-15(11-13-5-1-3-7-17(13)20(23)24)9-10-16(19)12-14-6-2-4-8-18(14)21(25)26/h1-8,11-12H,9-10H2/b15-11+,16-12+. The number of benzene rings is 2. The lowest BCUT2D eigenvalue weighted by molar-refractivity contribution is -0.385. The van der Waals surface area contributed by atoms with Gasteiger partial charge in [-0.15, -0.1) is 0 Å². The molecule has 0 radical (unpaired) electrons. The van der Waals surface area contributed by atoms with E-state index >= 15 is 0 Å². The Labute approximate surface area is 148 Å². The minimum Gasteiger partial charge on any atom is -0.289 e. The number of para-hydroxylation sites is 2. The van der Waals surface area contributed by atoms with Crippen molar-refractivity contribution >= 4 is 29.3 Å². The van der Waals surface area contributed by atoms with Crippen LogP contribution in [-0.4, -0.2) is 15.6 Å². The summed E-state index contributed by atoms with van der Waals surface area (Å²) in [6.07, 6.45) is 3.94. The second-order valence-electron chi connectivity index (χ2n) is 5.80. The molecule has 130 valence electrons. The van der Waals surface area contributed by atoms with E-state index in [1.165, 1.54) is 24.3 Å². The molecule has 7 heteroatoms. The number of nitrogens with zero attached hydrogens (tertiary/aromatic N) is 2. The van der Waals surface area contributed by atoms with Gasteiger partial charge < -0.3 is 0 Å². The normalized spacial score (nSPS) is 17.0. The van der Waals surface area contributed by atoms with Crippen molar-refractivity contribution in [1.82, 2.24) is 0 Å². The van der Waals surface area contributed by atoms with Crippen LogP contribution < -0.4 is 0 Å². The fourth-order valence-corrected chi connectivity index (χ4v) is 2.91. The predicted octanol–water partition coefficient (Wildman–Crippen LogP) is 4.33. The van der Waals surface area contributed by atoms with Gasteiger partial charge in [-0.05, 0) is 37.1 Å². The number of hydrogen-bond acceptors (Lipinski definition) is 5. The van der Waals surface area contributed by atoms with Gasteiger partial charge in [0.1, 0.15) is 0 Å². The molecule has 2 aromatic carbocycles. The quantitative estimate of drug-likeness (QED) is 0.464. The number of nitro groups is 2. The van der Waals surface area contributed by atoms with Crippen molar-refractivity contribution < 1.29 is 14.6 Å². The Morgan fingerprint density at radius 1 is 0.731 bits per heavy atom. The third-order valence-corrected chi connectivity index (χ3v) is 4.17. The first kappa shape index (κ1) is 17.2. The Bertz CT molecular complexity index is 898. The third-order valence-electron chi connectivity index (χ3n) is 4.17. The van der Waals surface area contributed by atoms with E-state index in [2.05, 4.69) is 0 Å². The van der Waals surface area contributed by atoms with E-state index in [0.29, 0.717) is 35.1 Å². The molecule has 1 fully saturated rings. The summed E-state index contributed by atoms with van der Waals surface area (Å²) < 4.78 is 0. The molecule has 0 heterocycles. The third kappa shape index (κ3) is 3.41. The Hall–Kier alpha value is -3.61. The summed E-state index contributed by atoms with van der Waals surface area (Å²) in [4.78, 5) is 33.8. The first-order valence-corrected chi connectivity index (χ1v) is 7.90. The van der Waals surface area contributed by atoms with Crippen molar-refractivity contribution in [1.29, 1.82) is 0 Å². The highest BCUT2D eigenvalue weighted by atomic mass is 16.6. The van der Waals surface area contributed by atoms with Crippen LogP contribution in [0.15, 0.2) is 59.7 Å². The van der Waals surface area contributed by atoms with Crippen LogP contribution in [0, 0.1) is 20.2 Å². The highest BCUT2D eigenvalue weighted by Gasteiger charge is 2.25. The average Bonchev–Trinajstić information content (AvgIpc) is 2.96. The highest BCUT2D eigenvalue weighted by molar-refractivity contribution is 6.15. The Morgan fingerprint density at radius 2 is 1.12 bits per heavy atom. The lowest BCUT2D eigenvalue weighted by Gasteiger charge is -2.00. The van der Waals surface area contributed by atoms with E-state index in [4.69, 9.17) is 0 Å². The van der Waals surface area contributed by atoms with Crippen LogP contribution >= 0.6 is 0 Å². The molecule has 1 saturated carbocycles. The summed E-state index contributed by atoms with van der Waals surface area (Å²) in [6, 6.07) is 12.4. The molecular formula is C19H14N2O5. The molecule has 0 aliphatic heterocycles. The van der Waals surface area contributed by atoms with Gasteiger partial charge in [0.2, 0.25) is 0 Å². The van der Waals surface area contributed by atoms with E-state index in [0.717, 1.165) is 0 Å². The summed E-state index contributed by atoms with van der Waals surface area (Å²) in [7, 11) is 0. The van der Waals surface area contributed by atoms with Crippen molar-refractivity contribution in [2.75, 3.05) is 0 Å². The minimum absolute atomic E-state index is 0.0658. The molecule has 3 rings (SSSR count). The highest BCUT2D eigenvalue weighted by Crippen LogP contribution is 2.32. The molecule has 2 aromatic rings. The topological polar surface area (TPSA) is 103 Å². The zero-order valence-corrected chi connectivity index (χ0v) is 13.6. The lowest BCUT2D eigenvalue weighted by atomic mass is 10.0. The number of nitro benzene ring substituents is 2. The maximum absolute atomic E-state index is 12.6. The van der Waals surface area contributed by atoms with Gasteiger partial charge >= 0.3 is 0 Å². The van der Waals surface area contributed by atoms with Gasteiger partial charge in [-0.2, -0.15) is 0 Å². The van der Waals surface area contributed by atoms with E-state index < -0.39 is 9.85 Å². The Morgan fingerprint density at radius 3 is 1.50 bits per heavy atom. The van der Waals surface area contributed by atoms with E-state index in [9.17, 15) is 25.0 Å². The van der Waals surface area contributed by atoms with Crippen LogP contribution in [0.25, 0.3) is 12.2 Å². The number of rotatable bonds is 4. The fourth-order valence-electron chi connectivity index (χ4n) is 2.91. The predicted molar refractivity (Wildman–Crippen MR) is 96.4 cm³/mol. The van der Waals surface area contributed by atoms with Gasteiger partial charge in [0.25, 0.3) is 11.4 Å². The number of Topliss-reactive ketones (excluding diaryl/α,β-unsaturated/α-hetero) is 1. The van der Waals surface area contributed by atoms with Gasteiger partial charge in [0.15, 0.2) is 5.78 Å². The van der Waals surface area contributed by atoms with Crippen LogP contribution in [0.2, 0.25) is 0 Å². The molecule has 0 saturated heterocycles. The van der Waals surface area contributed by atoms with Crippen LogP contribution in [0.1, 0.15) is 24.0 Å². The zero-order chi connectivity index (χ0) is 18.7. The van der Waals surface area contributed by atoms with E-state index in [1.54, 1.807) is 36.4 Å². The summed E-state index contributed by atoms with van der Waals surface area (Å²) in [5.41, 5.74) is 1.53. The van der Waals surface area contributed by atoms with Crippen molar-refractivity contribution in [3.8, 4) is 0 Å². The average molecular weight is 350 g/mol. The lowest BCUT2D eigenvalue weighted by Crippen LogP contribution is -1.98. The van der Waals surface area contributed by atoms with Gasteiger partial charge in [0, 0.05) is 23.3 Å². The minimum atomic E-state index is -0.490. The molecule has 0 N–H and O–H groups in total. The van der Waals surface area contributed by atoms with Crippen molar-refractivity contribution in [2.45, 2.75) is 12.8 Å². The second kappa shape index (κ2) is 7.10. The number of ketones is 1. The molecule has 0 amide bonds. The largest absolute Gasteiger partial charge is 0.289 e. The Balaban J connectivity index is 1.95. The first-order valence-electron chi connectivity index (χ1n) is 7.90. The molecule has 26 heavy (non-hydrogen) atoms. The fraction of sp³-hybridized carbons (Fsp3) is 0.105. The smallest absolute Gasteiger partial charge is 0.276 e. The Kier molecular flexibility index (Phi) is 4.70. The molecule has 0 bridgehead atoms. The summed E-state index contributed by atoms with van der Waals surface area (Å²) in [6.45, 7) is 0. The van der Waals surface area contributed by atoms with Crippen LogP contribution in [0.4, 0.5) is 11.4 Å². The molecule has 1 aliphatic rings. The van der Waals surface area contributed by atoms with Gasteiger partial charge in [0.05, 0.1) is 21.0 Å². The van der Waals surface area contributed by atoms with Crippen molar-refractivity contribution in [3.63, 3.8) is 0 Å². The van der Waals surface area contributed by atoms with Crippen LogP contribution in [0.3, 0.4) is 0 Å². The summed E-state index contributed by atoms with van der Waals surface area (Å²) in [5.74, 6) is -0.235. The molecule has 7 nitrogen and oxygen atoms in total. The van der Waals surface area contributed by atoms with E-state index in [1.807, 2.05) is 0 Å². The van der Waals surface area contributed by atoms with Gasteiger partial charge in [-0.3, -0.25) is 25.0 Å². The van der Waals surface area contributed by atoms with E-state index in [-0.39, 0.29) is 17.2 Å². The second-order valence-corrected chi connectivity index (χ2v) is 5.80. The molecule has 0 spiro atoms. The monoisotopic (exact) mass is 350 g/mol. The maximum Gasteiger partial charge on any atom is 0.276 e. The van der Waals surface area contributed by atoms with Crippen LogP contribution in [-0.2, 0) is 4.79 Å². The zero-order valence-electron chi connectivity index (χ0n) is 13.6. The number of carbonyl (C=O) groups excluding carboxylic acids is 1. The number of allylic oxidation sites excluding steroid dienone is 2. The molecule has 0 atom stereocenters. The maximum atomic E-state index is 12.6. The summed E-state index contributed by atoms with van der Waals surface area (Å²) in [5, 5.41) is 22.2.